The SMILES string of the molecule is O=C1CC([O-])=NC([O-])=N1.[NH4+].[NH4+]. The Morgan fingerprint density at radius 2 is 1.73 bits per heavy atom. The van der Waals surface area contributed by atoms with Gasteiger partial charge in [0.2, 0.25) is 0 Å². The van der Waals surface area contributed by atoms with E-state index in [2.05, 4.69) is 9.98 Å². The second-order valence-corrected chi connectivity index (χ2v) is 1.47. The second kappa shape index (κ2) is 4.36. The summed E-state index contributed by atoms with van der Waals surface area (Å²) in [5.41, 5.74) is 0. The van der Waals surface area contributed by atoms with Crippen molar-refractivity contribution in [2.24, 2.45) is 9.98 Å². The van der Waals surface area contributed by atoms with E-state index in [9.17, 15) is 15.0 Å². The molecule has 8 N–H and O–H groups in total. The molecule has 0 aromatic carbocycles. The molecule has 0 atom stereocenters. The van der Waals surface area contributed by atoms with Gasteiger partial charge in [-0.25, -0.2) is 4.99 Å². The van der Waals surface area contributed by atoms with Gasteiger partial charge in [-0.1, -0.05) is 0 Å². The van der Waals surface area contributed by atoms with Gasteiger partial charge in [-0.2, -0.15) is 0 Å². The van der Waals surface area contributed by atoms with Crippen LogP contribution in [-0.4, -0.2) is 17.8 Å². The predicted molar refractivity (Wildman–Crippen MR) is 36.5 cm³/mol. The van der Waals surface area contributed by atoms with E-state index in [4.69, 9.17) is 0 Å². The predicted octanol–water partition coefficient (Wildman–Crippen LogP) is -1.86. The van der Waals surface area contributed by atoms with Gasteiger partial charge in [0.05, 0.1) is 12.4 Å². The lowest BCUT2D eigenvalue weighted by molar-refractivity contribution is -0.230. The summed E-state index contributed by atoms with van der Waals surface area (Å²) in [5.74, 6) is -1.42. The molecule has 0 saturated carbocycles. The molecule has 0 fully saturated rings. The van der Waals surface area contributed by atoms with Gasteiger partial charge in [0.1, 0.15) is 0 Å². The first kappa shape index (κ1) is 12.2. The molecule has 0 aromatic heterocycles. The van der Waals surface area contributed by atoms with Crippen LogP contribution in [0.1, 0.15) is 6.42 Å². The number of nitrogens with zero attached hydrogens (tertiary/aromatic N) is 2. The van der Waals surface area contributed by atoms with Gasteiger partial charge >= 0.3 is 0 Å². The van der Waals surface area contributed by atoms with Gasteiger partial charge in [0.25, 0.3) is 5.91 Å². The highest BCUT2D eigenvalue weighted by molar-refractivity contribution is 6.06. The number of carbonyl (C=O) groups excluding carboxylic acids is 1. The minimum absolute atomic E-state index is 0. The zero-order valence-corrected chi connectivity index (χ0v) is 6.33. The maximum atomic E-state index is 10.2. The van der Waals surface area contributed by atoms with Crippen LogP contribution in [0.3, 0.4) is 0 Å². The van der Waals surface area contributed by atoms with E-state index >= 15 is 0 Å². The molecule has 0 aromatic rings. The van der Waals surface area contributed by atoms with Crippen LogP contribution in [0, 0.1) is 0 Å². The van der Waals surface area contributed by atoms with Crippen LogP contribution < -0.4 is 22.5 Å². The smallest absolute Gasteiger partial charge is 0.251 e. The van der Waals surface area contributed by atoms with Gasteiger partial charge in [-0.15, -0.1) is 0 Å². The van der Waals surface area contributed by atoms with E-state index in [0.717, 1.165) is 0 Å². The van der Waals surface area contributed by atoms with Crippen molar-refractivity contribution in [2.45, 2.75) is 6.42 Å². The molecule has 1 aliphatic rings. The minimum Gasteiger partial charge on any atom is -0.861 e. The molecule has 1 rings (SSSR count). The van der Waals surface area contributed by atoms with E-state index < -0.39 is 17.8 Å². The first-order valence-electron chi connectivity index (χ1n) is 2.21. The highest BCUT2D eigenvalue weighted by Crippen LogP contribution is 1.92. The zero-order valence-electron chi connectivity index (χ0n) is 6.33. The summed E-state index contributed by atoms with van der Waals surface area (Å²) in [7, 11) is 0. The standard InChI is InChI=1S/C4H4N2O3.2H3N/c7-2-1-3(8)6-4(9)5-2;;/h1H2,(H2,5,6,7,8,9);2*1H3. The number of quaternary nitrogens is 2. The third-order valence-corrected chi connectivity index (χ3v) is 0.743. The summed E-state index contributed by atoms with van der Waals surface area (Å²) in [4.78, 5) is 16.0. The Hall–Kier alpha value is -1.47. The van der Waals surface area contributed by atoms with Crippen molar-refractivity contribution < 1.29 is 15.0 Å². The molecular formula is C4H10N4O3. The van der Waals surface area contributed by atoms with Crippen molar-refractivity contribution >= 4 is 17.8 Å². The first-order chi connectivity index (χ1) is 4.18. The molecule has 7 heteroatoms. The molecule has 0 radical (unpaired) electrons. The van der Waals surface area contributed by atoms with E-state index in [0.29, 0.717) is 0 Å². The summed E-state index contributed by atoms with van der Waals surface area (Å²) in [5, 5.41) is 20.3. The molecule has 7 nitrogen and oxygen atoms in total. The average molecular weight is 162 g/mol. The Bertz CT molecular complexity index is 209. The Kier molecular flexibility index (Phi) is 4.85. The molecule has 11 heavy (non-hydrogen) atoms. The van der Waals surface area contributed by atoms with Crippen molar-refractivity contribution in [1.82, 2.24) is 12.3 Å². The molecule has 0 aliphatic carbocycles. The van der Waals surface area contributed by atoms with E-state index in [-0.39, 0.29) is 18.7 Å². The quantitative estimate of drug-likeness (QED) is 0.428. The molecule has 64 valence electrons. The third-order valence-electron chi connectivity index (χ3n) is 0.743. The van der Waals surface area contributed by atoms with Crippen LogP contribution in [0.5, 0.6) is 0 Å². The average Bonchev–Trinajstić information content (AvgIpc) is 1.59. The number of rotatable bonds is 0. The Balaban J connectivity index is 0. The molecule has 0 spiro atoms. The summed E-state index contributed by atoms with van der Waals surface area (Å²) >= 11 is 0. The molecule has 0 unspecified atom stereocenters. The fraction of sp³-hybridized carbons (Fsp3) is 0.250. The number of hydrogen-bond acceptors (Lipinski definition) is 4. The third kappa shape index (κ3) is 3.28. The van der Waals surface area contributed by atoms with Crippen LogP contribution >= 0.6 is 0 Å². The summed E-state index contributed by atoms with van der Waals surface area (Å²) in [6.45, 7) is 0. The van der Waals surface area contributed by atoms with Crippen LogP contribution in [0.4, 0.5) is 0 Å². The summed E-state index contributed by atoms with van der Waals surface area (Å²) in [6, 6.07) is -0.990. The Morgan fingerprint density at radius 3 is 2.09 bits per heavy atom. The minimum atomic E-state index is -0.990. The van der Waals surface area contributed by atoms with Gasteiger partial charge in [0.15, 0.2) is 0 Å². The molecule has 1 amide bonds. The lowest BCUT2D eigenvalue weighted by atomic mass is 10.4. The second-order valence-electron chi connectivity index (χ2n) is 1.47. The van der Waals surface area contributed by atoms with Crippen LogP contribution in [-0.2, 0) is 4.79 Å². The highest BCUT2D eigenvalue weighted by atomic mass is 16.3. The van der Waals surface area contributed by atoms with Crippen molar-refractivity contribution in [3.05, 3.63) is 0 Å². The monoisotopic (exact) mass is 162 g/mol. The number of amides is 1. The first-order valence-corrected chi connectivity index (χ1v) is 2.21. The fourth-order valence-corrected chi connectivity index (χ4v) is 0.447. The molecule has 0 saturated heterocycles. The molecule has 1 aliphatic heterocycles. The van der Waals surface area contributed by atoms with Crippen LogP contribution in [0.2, 0.25) is 0 Å². The van der Waals surface area contributed by atoms with Gasteiger partial charge in [-0.05, 0) is 5.90 Å². The topological polar surface area (TPSA) is 161 Å². The Morgan fingerprint density at radius 1 is 1.18 bits per heavy atom. The van der Waals surface area contributed by atoms with Crippen molar-refractivity contribution in [3.63, 3.8) is 0 Å². The number of carbonyl (C=O) groups is 1. The van der Waals surface area contributed by atoms with Crippen molar-refractivity contribution in [2.75, 3.05) is 0 Å². The highest BCUT2D eigenvalue weighted by Gasteiger charge is 2.01. The molecule has 0 bridgehead atoms. The summed E-state index contributed by atoms with van der Waals surface area (Å²) in [6.07, 6.45) is -0.369. The maximum Gasteiger partial charge on any atom is 0.251 e. The molecular weight excluding hydrogens is 152 g/mol. The number of amidine groups is 1. The lowest BCUT2D eigenvalue weighted by Crippen LogP contribution is -2.31. The van der Waals surface area contributed by atoms with E-state index in [1.807, 2.05) is 0 Å². The summed E-state index contributed by atoms with van der Waals surface area (Å²) < 4.78 is 0. The Labute approximate surface area is 62.6 Å². The normalized spacial score (nSPS) is 15.5. The zero-order chi connectivity index (χ0) is 6.85. The van der Waals surface area contributed by atoms with Gasteiger partial charge in [-0.3, -0.25) is 9.79 Å². The van der Waals surface area contributed by atoms with E-state index in [1.165, 1.54) is 0 Å². The van der Waals surface area contributed by atoms with E-state index in [1.54, 1.807) is 0 Å². The van der Waals surface area contributed by atoms with Crippen LogP contribution in [0.15, 0.2) is 9.98 Å². The maximum absolute atomic E-state index is 10.2. The van der Waals surface area contributed by atoms with Crippen LogP contribution in [0.25, 0.3) is 0 Å². The number of aliphatic imine (C=N–C) groups is 2. The van der Waals surface area contributed by atoms with Gasteiger partial charge in [0, 0.05) is 0 Å². The number of hydrogen-bond donors (Lipinski definition) is 2. The van der Waals surface area contributed by atoms with Crippen molar-refractivity contribution in [3.8, 4) is 0 Å². The fourth-order valence-electron chi connectivity index (χ4n) is 0.447. The lowest BCUT2D eigenvalue weighted by Gasteiger charge is -2.15. The van der Waals surface area contributed by atoms with Crippen molar-refractivity contribution in [1.29, 1.82) is 0 Å². The molecule has 1 heterocycles. The largest absolute Gasteiger partial charge is 0.861 e. The van der Waals surface area contributed by atoms with Gasteiger partial charge < -0.3 is 22.5 Å².